The molecule has 1 atom stereocenters. The van der Waals surface area contributed by atoms with E-state index in [2.05, 4.69) is 5.32 Å². The predicted molar refractivity (Wildman–Crippen MR) is 67.2 cm³/mol. The highest BCUT2D eigenvalue weighted by Gasteiger charge is 2.19. The molecule has 17 heavy (non-hydrogen) atoms. The van der Waals surface area contributed by atoms with Crippen molar-refractivity contribution in [3.63, 3.8) is 0 Å². The summed E-state index contributed by atoms with van der Waals surface area (Å²) in [5.74, 6) is 1.18. The Bertz CT molecular complexity index is 342. The Balaban J connectivity index is 1.80. The van der Waals surface area contributed by atoms with Crippen molar-refractivity contribution >= 4 is 5.78 Å². The molecule has 0 aliphatic carbocycles. The van der Waals surface area contributed by atoms with Crippen molar-refractivity contribution in [1.82, 2.24) is 5.32 Å². The summed E-state index contributed by atoms with van der Waals surface area (Å²) in [6, 6.07) is 9.51. The Morgan fingerprint density at radius 3 is 2.88 bits per heavy atom. The summed E-state index contributed by atoms with van der Waals surface area (Å²) in [4.78, 5) is 12.0. The highest BCUT2D eigenvalue weighted by Crippen LogP contribution is 2.16. The molecule has 3 nitrogen and oxygen atoms in total. The minimum absolute atomic E-state index is 0.175. The van der Waals surface area contributed by atoms with Crippen LogP contribution in [0.5, 0.6) is 5.75 Å². The molecule has 0 saturated carbocycles. The molecule has 1 N–H and O–H groups in total. The molecule has 0 aromatic heterocycles. The number of rotatable bonds is 4. The van der Waals surface area contributed by atoms with Crippen LogP contribution in [0.2, 0.25) is 0 Å². The van der Waals surface area contributed by atoms with Gasteiger partial charge in [-0.05, 0) is 44.5 Å². The van der Waals surface area contributed by atoms with Gasteiger partial charge in [0.15, 0.2) is 5.78 Å². The number of ketones is 1. The summed E-state index contributed by atoms with van der Waals surface area (Å²) in [5.41, 5.74) is 0. The molecule has 1 fully saturated rings. The maximum absolute atomic E-state index is 12.0. The maximum atomic E-state index is 12.0. The number of nitrogens with one attached hydrogen (secondary N) is 1. The van der Waals surface area contributed by atoms with E-state index in [4.69, 9.17) is 4.74 Å². The summed E-state index contributed by atoms with van der Waals surface area (Å²) < 4.78 is 5.49. The van der Waals surface area contributed by atoms with Crippen LogP contribution in [0.1, 0.15) is 19.3 Å². The van der Waals surface area contributed by atoms with Crippen LogP contribution in [-0.4, -0.2) is 25.5 Å². The van der Waals surface area contributed by atoms with E-state index < -0.39 is 0 Å². The zero-order valence-electron chi connectivity index (χ0n) is 10.0. The van der Waals surface area contributed by atoms with E-state index >= 15 is 0 Å². The molecule has 0 radical (unpaired) electrons. The van der Waals surface area contributed by atoms with Gasteiger partial charge >= 0.3 is 0 Å². The van der Waals surface area contributed by atoms with Crippen molar-refractivity contribution in [3.05, 3.63) is 30.3 Å². The molecule has 0 bridgehead atoms. The fourth-order valence-corrected chi connectivity index (χ4v) is 2.13. The number of hydrogen-bond donors (Lipinski definition) is 1. The molecule has 0 spiro atoms. The lowest BCUT2D eigenvalue weighted by Crippen LogP contribution is -2.23. The Labute approximate surface area is 102 Å². The van der Waals surface area contributed by atoms with Gasteiger partial charge in [0, 0.05) is 5.92 Å². The lowest BCUT2D eigenvalue weighted by Gasteiger charge is -2.12. The Kier molecular flexibility index (Phi) is 4.56. The topological polar surface area (TPSA) is 38.3 Å². The van der Waals surface area contributed by atoms with Gasteiger partial charge in [-0.3, -0.25) is 4.79 Å². The third kappa shape index (κ3) is 3.86. The number of carbonyl (C=O) groups excluding carboxylic acids is 1. The average molecular weight is 233 g/mol. The van der Waals surface area contributed by atoms with Crippen molar-refractivity contribution in [3.8, 4) is 5.75 Å². The van der Waals surface area contributed by atoms with Crippen molar-refractivity contribution in [2.24, 2.45) is 5.92 Å². The van der Waals surface area contributed by atoms with Gasteiger partial charge in [0.2, 0.25) is 0 Å². The van der Waals surface area contributed by atoms with Crippen LogP contribution in [-0.2, 0) is 4.79 Å². The second-order valence-electron chi connectivity index (χ2n) is 4.45. The van der Waals surface area contributed by atoms with Crippen LogP contribution in [0.15, 0.2) is 30.3 Å². The van der Waals surface area contributed by atoms with E-state index in [9.17, 15) is 4.79 Å². The molecule has 1 aliphatic heterocycles. The Morgan fingerprint density at radius 2 is 2.06 bits per heavy atom. The number of Topliss-reactive ketones (excluding diaryl/α,β-unsaturated/α-hetero) is 1. The average Bonchev–Trinajstić information content (AvgIpc) is 2.66. The first-order valence-corrected chi connectivity index (χ1v) is 6.27. The summed E-state index contributed by atoms with van der Waals surface area (Å²) in [6.45, 7) is 2.18. The van der Waals surface area contributed by atoms with Gasteiger partial charge in [0.1, 0.15) is 12.4 Å². The zero-order valence-corrected chi connectivity index (χ0v) is 10.0. The summed E-state index contributed by atoms with van der Waals surface area (Å²) in [5, 5.41) is 3.31. The van der Waals surface area contributed by atoms with Gasteiger partial charge in [0.25, 0.3) is 0 Å². The quantitative estimate of drug-likeness (QED) is 0.864. The summed E-state index contributed by atoms with van der Waals surface area (Å²) in [6.07, 6.45) is 3.02. The third-order valence-corrected chi connectivity index (χ3v) is 3.16. The number of hydrogen-bond acceptors (Lipinski definition) is 3. The smallest absolute Gasteiger partial charge is 0.173 e. The van der Waals surface area contributed by atoms with Crippen LogP contribution in [0.4, 0.5) is 0 Å². The van der Waals surface area contributed by atoms with Crippen LogP contribution >= 0.6 is 0 Å². The highest BCUT2D eigenvalue weighted by atomic mass is 16.5. The van der Waals surface area contributed by atoms with Crippen LogP contribution < -0.4 is 10.1 Å². The number of benzene rings is 1. The zero-order chi connectivity index (χ0) is 11.9. The van der Waals surface area contributed by atoms with Crippen molar-refractivity contribution in [2.75, 3.05) is 19.7 Å². The standard InChI is InChI=1S/C14H19NO2/c16-14(12-5-4-9-15-10-8-12)11-17-13-6-2-1-3-7-13/h1-3,6-7,12,15H,4-5,8-11H2. The van der Waals surface area contributed by atoms with Gasteiger partial charge in [-0.25, -0.2) is 0 Å². The normalized spacial score (nSPS) is 20.6. The van der Waals surface area contributed by atoms with Crippen molar-refractivity contribution in [1.29, 1.82) is 0 Å². The summed E-state index contributed by atoms with van der Waals surface area (Å²) in [7, 11) is 0. The molecule has 1 unspecified atom stereocenters. The number of para-hydroxylation sites is 1. The van der Waals surface area contributed by atoms with Gasteiger partial charge in [-0.1, -0.05) is 18.2 Å². The molecule has 1 saturated heterocycles. The van der Waals surface area contributed by atoms with Crippen molar-refractivity contribution in [2.45, 2.75) is 19.3 Å². The fourth-order valence-electron chi connectivity index (χ4n) is 2.13. The molecular formula is C14H19NO2. The van der Waals surface area contributed by atoms with E-state index in [0.29, 0.717) is 0 Å². The first-order chi connectivity index (χ1) is 8.36. The minimum atomic E-state index is 0.175. The number of carbonyl (C=O) groups is 1. The van der Waals surface area contributed by atoms with E-state index in [-0.39, 0.29) is 18.3 Å². The van der Waals surface area contributed by atoms with Gasteiger partial charge in [0.05, 0.1) is 0 Å². The fraction of sp³-hybridized carbons (Fsp3) is 0.500. The number of ether oxygens (including phenoxy) is 1. The lowest BCUT2D eigenvalue weighted by atomic mass is 9.96. The van der Waals surface area contributed by atoms with Crippen molar-refractivity contribution < 1.29 is 9.53 Å². The lowest BCUT2D eigenvalue weighted by molar-refractivity contribution is -0.125. The molecule has 0 amide bonds. The Hall–Kier alpha value is -1.35. The van der Waals surface area contributed by atoms with E-state index in [1.54, 1.807) is 0 Å². The second-order valence-corrected chi connectivity index (χ2v) is 4.45. The van der Waals surface area contributed by atoms with Gasteiger partial charge in [-0.2, -0.15) is 0 Å². The Morgan fingerprint density at radius 1 is 1.24 bits per heavy atom. The molecular weight excluding hydrogens is 214 g/mol. The molecule has 1 aromatic carbocycles. The van der Waals surface area contributed by atoms with Crippen LogP contribution in [0.3, 0.4) is 0 Å². The highest BCUT2D eigenvalue weighted by molar-refractivity contribution is 5.82. The van der Waals surface area contributed by atoms with E-state index in [1.165, 1.54) is 0 Å². The van der Waals surface area contributed by atoms with Crippen LogP contribution in [0, 0.1) is 5.92 Å². The van der Waals surface area contributed by atoms with E-state index in [1.807, 2.05) is 30.3 Å². The largest absolute Gasteiger partial charge is 0.486 e. The van der Waals surface area contributed by atoms with Gasteiger partial charge < -0.3 is 10.1 Å². The molecule has 3 heteroatoms. The molecule has 92 valence electrons. The molecule has 1 aromatic rings. The monoisotopic (exact) mass is 233 g/mol. The third-order valence-electron chi connectivity index (χ3n) is 3.16. The molecule has 1 heterocycles. The van der Waals surface area contributed by atoms with Gasteiger partial charge in [-0.15, -0.1) is 0 Å². The first-order valence-electron chi connectivity index (χ1n) is 6.27. The second kappa shape index (κ2) is 6.40. The SMILES string of the molecule is O=C(COc1ccccc1)C1CCCNCC1. The van der Waals surface area contributed by atoms with E-state index in [0.717, 1.165) is 38.1 Å². The van der Waals surface area contributed by atoms with Crippen LogP contribution in [0.25, 0.3) is 0 Å². The molecule has 1 aliphatic rings. The maximum Gasteiger partial charge on any atom is 0.173 e. The minimum Gasteiger partial charge on any atom is -0.486 e. The molecule has 2 rings (SSSR count). The summed E-state index contributed by atoms with van der Waals surface area (Å²) >= 11 is 0. The first kappa shape index (κ1) is 12.1. The predicted octanol–water partition coefficient (Wildman–Crippen LogP) is 2.02.